The van der Waals surface area contributed by atoms with E-state index >= 15 is 0 Å². The van der Waals surface area contributed by atoms with Gasteiger partial charge in [0, 0.05) is 13.7 Å². The first kappa shape index (κ1) is 14.9. The average molecular weight is 216 g/mol. The molecule has 3 heteroatoms. The van der Waals surface area contributed by atoms with Gasteiger partial charge in [0.2, 0.25) is 0 Å². The fourth-order valence-electron chi connectivity index (χ4n) is 1.80. The second-order valence-electron chi connectivity index (χ2n) is 4.29. The highest BCUT2D eigenvalue weighted by molar-refractivity contribution is 4.60. The third-order valence-electron chi connectivity index (χ3n) is 2.98. The number of hydrogen-bond acceptors (Lipinski definition) is 3. The molecule has 0 aromatic heterocycles. The fourth-order valence-corrected chi connectivity index (χ4v) is 1.80. The van der Waals surface area contributed by atoms with Crippen LogP contribution in [0.15, 0.2) is 0 Å². The Morgan fingerprint density at radius 2 is 2.00 bits per heavy atom. The molecule has 0 aromatic rings. The summed E-state index contributed by atoms with van der Waals surface area (Å²) in [6.07, 6.45) is 5.03. The summed E-state index contributed by atoms with van der Waals surface area (Å²) in [5.74, 6) is 0.825. The number of rotatable bonds is 10. The number of nitrogens with zero attached hydrogens (tertiary/aromatic N) is 1. The maximum Gasteiger partial charge on any atom is 0.0589 e. The molecule has 0 aromatic carbocycles. The number of methoxy groups -OCH3 is 1. The normalized spacial score (nSPS) is 13.4. The van der Waals surface area contributed by atoms with Gasteiger partial charge in [0.1, 0.15) is 0 Å². The first-order valence-electron chi connectivity index (χ1n) is 6.12. The van der Waals surface area contributed by atoms with Crippen molar-refractivity contribution in [2.24, 2.45) is 11.7 Å². The van der Waals surface area contributed by atoms with Crippen LogP contribution in [-0.4, -0.2) is 45.3 Å². The van der Waals surface area contributed by atoms with Crippen molar-refractivity contribution in [3.8, 4) is 0 Å². The quantitative estimate of drug-likeness (QED) is 0.604. The van der Waals surface area contributed by atoms with Crippen LogP contribution in [-0.2, 0) is 4.74 Å². The molecule has 0 fully saturated rings. The molecule has 2 N–H and O–H groups in total. The van der Waals surface area contributed by atoms with Gasteiger partial charge < -0.3 is 15.4 Å². The Morgan fingerprint density at radius 1 is 1.27 bits per heavy atom. The maximum atomic E-state index is 5.58. The van der Waals surface area contributed by atoms with E-state index in [4.69, 9.17) is 10.5 Å². The smallest absolute Gasteiger partial charge is 0.0589 e. The summed E-state index contributed by atoms with van der Waals surface area (Å²) >= 11 is 0. The minimum atomic E-state index is 0.825. The van der Waals surface area contributed by atoms with Crippen LogP contribution in [0.4, 0.5) is 0 Å². The van der Waals surface area contributed by atoms with Crippen LogP contribution in [0.25, 0.3) is 0 Å². The van der Waals surface area contributed by atoms with Gasteiger partial charge in [-0.2, -0.15) is 0 Å². The van der Waals surface area contributed by atoms with Crippen molar-refractivity contribution in [2.75, 3.05) is 40.4 Å². The number of nitrogens with two attached hydrogens (primary N) is 1. The standard InChI is InChI=1S/C12H28N2O/c1-4-12(7-8-13)6-5-9-14(2)10-11-15-3/h12H,4-11,13H2,1-3H3. The number of hydrogen-bond donors (Lipinski definition) is 1. The van der Waals surface area contributed by atoms with Crippen molar-refractivity contribution in [1.82, 2.24) is 4.90 Å². The van der Waals surface area contributed by atoms with Gasteiger partial charge in [-0.15, -0.1) is 0 Å². The van der Waals surface area contributed by atoms with Crippen LogP contribution in [0.2, 0.25) is 0 Å². The van der Waals surface area contributed by atoms with Crippen LogP contribution in [0.3, 0.4) is 0 Å². The lowest BCUT2D eigenvalue weighted by Gasteiger charge is -2.18. The Hall–Kier alpha value is -0.120. The van der Waals surface area contributed by atoms with E-state index in [9.17, 15) is 0 Å². The molecule has 0 bridgehead atoms. The molecule has 0 aliphatic heterocycles. The van der Waals surface area contributed by atoms with E-state index in [1.807, 2.05) is 0 Å². The highest BCUT2D eigenvalue weighted by atomic mass is 16.5. The molecule has 0 amide bonds. The molecule has 0 saturated heterocycles. The van der Waals surface area contributed by atoms with Gasteiger partial charge in [-0.05, 0) is 45.3 Å². The van der Waals surface area contributed by atoms with Crippen molar-refractivity contribution in [3.63, 3.8) is 0 Å². The van der Waals surface area contributed by atoms with Crippen molar-refractivity contribution in [2.45, 2.75) is 32.6 Å². The Labute approximate surface area is 95.0 Å². The molecular formula is C12H28N2O. The fraction of sp³-hybridized carbons (Fsp3) is 1.00. The third-order valence-corrected chi connectivity index (χ3v) is 2.98. The van der Waals surface area contributed by atoms with Gasteiger partial charge in [0.05, 0.1) is 6.61 Å². The molecule has 92 valence electrons. The number of likely N-dealkylation sites (N-methyl/N-ethyl adjacent to an activating group) is 1. The zero-order valence-corrected chi connectivity index (χ0v) is 10.7. The summed E-state index contributed by atoms with van der Waals surface area (Å²) in [6, 6.07) is 0. The van der Waals surface area contributed by atoms with Crippen LogP contribution < -0.4 is 5.73 Å². The second-order valence-corrected chi connectivity index (χ2v) is 4.29. The van der Waals surface area contributed by atoms with E-state index in [1.165, 1.54) is 32.2 Å². The van der Waals surface area contributed by atoms with E-state index in [2.05, 4.69) is 18.9 Å². The van der Waals surface area contributed by atoms with Crippen LogP contribution in [0.5, 0.6) is 0 Å². The summed E-state index contributed by atoms with van der Waals surface area (Å²) in [7, 11) is 3.91. The Balaban J connectivity index is 3.41. The highest BCUT2D eigenvalue weighted by Crippen LogP contribution is 2.14. The van der Waals surface area contributed by atoms with Gasteiger partial charge in [0.15, 0.2) is 0 Å². The van der Waals surface area contributed by atoms with Gasteiger partial charge in [-0.3, -0.25) is 0 Å². The Bertz CT molecular complexity index is 131. The van der Waals surface area contributed by atoms with Crippen molar-refractivity contribution in [3.05, 3.63) is 0 Å². The summed E-state index contributed by atoms with van der Waals surface area (Å²) in [5.41, 5.74) is 5.58. The lowest BCUT2D eigenvalue weighted by atomic mass is 9.97. The van der Waals surface area contributed by atoms with Gasteiger partial charge in [0.25, 0.3) is 0 Å². The van der Waals surface area contributed by atoms with Gasteiger partial charge in [-0.1, -0.05) is 13.3 Å². The summed E-state index contributed by atoms with van der Waals surface area (Å²) in [6.45, 7) is 6.12. The van der Waals surface area contributed by atoms with Crippen LogP contribution in [0, 0.1) is 5.92 Å². The molecule has 15 heavy (non-hydrogen) atoms. The van der Waals surface area contributed by atoms with E-state index in [0.717, 1.165) is 25.6 Å². The van der Waals surface area contributed by atoms with E-state index in [-0.39, 0.29) is 0 Å². The molecule has 0 rings (SSSR count). The highest BCUT2D eigenvalue weighted by Gasteiger charge is 2.05. The van der Waals surface area contributed by atoms with Crippen LogP contribution in [0.1, 0.15) is 32.6 Å². The van der Waals surface area contributed by atoms with Crippen molar-refractivity contribution < 1.29 is 4.74 Å². The van der Waals surface area contributed by atoms with Gasteiger partial charge in [-0.25, -0.2) is 0 Å². The van der Waals surface area contributed by atoms with Crippen LogP contribution >= 0.6 is 0 Å². The topological polar surface area (TPSA) is 38.5 Å². The molecule has 3 nitrogen and oxygen atoms in total. The lowest BCUT2D eigenvalue weighted by molar-refractivity contribution is 0.159. The lowest BCUT2D eigenvalue weighted by Crippen LogP contribution is -2.24. The maximum absolute atomic E-state index is 5.58. The largest absolute Gasteiger partial charge is 0.383 e. The molecule has 0 aliphatic rings. The molecule has 0 spiro atoms. The van der Waals surface area contributed by atoms with Gasteiger partial charge >= 0.3 is 0 Å². The monoisotopic (exact) mass is 216 g/mol. The van der Waals surface area contributed by atoms with Crippen molar-refractivity contribution >= 4 is 0 Å². The molecule has 0 radical (unpaired) electrons. The zero-order valence-electron chi connectivity index (χ0n) is 10.7. The predicted octanol–water partition coefficient (Wildman–Crippen LogP) is 1.72. The summed E-state index contributed by atoms with van der Waals surface area (Å²) < 4.78 is 5.04. The molecule has 1 atom stereocenters. The third kappa shape index (κ3) is 8.85. The SMILES string of the molecule is CCC(CCN)CCCN(C)CCOC. The number of ether oxygens (including phenoxy) is 1. The Kier molecular flexibility index (Phi) is 10.3. The Morgan fingerprint density at radius 3 is 2.53 bits per heavy atom. The summed E-state index contributed by atoms with van der Waals surface area (Å²) in [4.78, 5) is 2.33. The molecule has 1 unspecified atom stereocenters. The zero-order chi connectivity index (χ0) is 11.5. The molecule has 0 aliphatic carbocycles. The van der Waals surface area contributed by atoms with E-state index in [1.54, 1.807) is 7.11 Å². The summed E-state index contributed by atoms with van der Waals surface area (Å²) in [5, 5.41) is 0. The minimum Gasteiger partial charge on any atom is -0.383 e. The first-order chi connectivity index (χ1) is 7.24. The minimum absolute atomic E-state index is 0.825. The molecular weight excluding hydrogens is 188 g/mol. The second kappa shape index (κ2) is 10.4. The van der Waals surface area contributed by atoms with E-state index < -0.39 is 0 Å². The molecule has 0 saturated carbocycles. The average Bonchev–Trinajstić information content (AvgIpc) is 2.25. The first-order valence-corrected chi connectivity index (χ1v) is 6.12. The van der Waals surface area contributed by atoms with E-state index in [0.29, 0.717) is 0 Å². The predicted molar refractivity (Wildman–Crippen MR) is 66.1 cm³/mol. The molecule has 0 heterocycles. The van der Waals surface area contributed by atoms with Crippen molar-refractivity contribution in [1.29, 1.82) is 0 Å².